The van der Waals surface area contributed by atoms with E-state index in [1.165, 1.54) is 6.42 Å². The second-order valence-electron chi connectivity index (χ2n) is 5.99. The second-order valence-corrected chi connectivity index (χ2v) is 5.99. The van der Waals surface area contributed by atoms with Crippen LogP contribution in [-0.2, 0) is 4.74 Å². The Kier molecular flexibility index (Phi) is 5.04. The number of rotatable bonds is 4. The van der Waals surface area contributed by atoms with Gasteiger partial charge >= 0.3 is 5.97 Å². The van der Waals surface area contributed by atoms with Crippen molar-refractivity contribution in [1.82, 2.24) is 4.98 Å². The first-order valence-electron chi connectivity index (χ1n) is 7.70. The summed E-state index contributed by atoms with van der Waals surface area (Å²) < 4.78 is 5.08. The van der Waals surface area contributed by atoms with Crippen molar-refractivity contribution in [3.8, 4) is 0 Å². The number of nitrogens with one attached hydrogen (secondary N) is 1. The SMILES string of the molecule is CCOC(=O)c1cc(N)cnc1NC1CCC(C)C(C)C1. The molecule has 3 atom stereocenters. The van der Waals surface area contributed by atoms with Crippen molar-refractivity contribution >= 4 is 17.5 Å². The molecular formula is C16H25N3O2. The third-order valence-electron chi connectivity index (χ3n) is 4.34. The van der Waals surface area contributed by atoms with E-state index in [1.807, 2.05) is 0 Å². The molecule has 0 bridgehead atoms. The molecule has 2 rings (SSSR count). The maximum absolute atomic E-state index is 12.0. The Morgan fingerprint density at radius 3 is 2.86 bits per heavy atom. The minimum absolute atomic E-state index is 0.338. The summed E-state index contributed by atoms with van der Waals surface area (Å²) in [5.74, 6) is 1.63. The van der Waals surface area contributed by atoms with Gasteiger partial charge in [0.1, 0.15) is 11.4 Å². The van der Waals surface area contributed by atoms with E-state index in [0.717, 1.165) is 18.8 Å². The summed E-state index contributed by atoms with van der Waals surface area (Å²) in [6.07, 6.45) is 4.96. The minimum atomic E-state index is -0.378. The number of anilines is 2. The zero-order chi connectivity index (χ0) is 15.4. The largest absolute Gasteiger partial charge is 0.462 e. The average Bonchev–Trinajstić information content (AvgIpc) is 2.45. The number of nitrogens with two attached hydrogens (primary N) is 1. The Morgan fingerprint density at radius 2 is 2.19 bits per heavy atom. The van der Waals surface area contributed by atoms with Crippen LogP contribution in [0.3, 0.4) is 0 Å². The third-order valence-corrected chi connectivity index (χ3v) is 4.34. The van der Waals surface area contributed by atoms with Gasteiger partial charge < -0.3 is 15.8 Å². The van der Waals surface area contributed by atoms with Crippen molar-refractivity contribution in [2.45, 2.75) is 46.1 Å². The standard InChI is InChI=1S/C16H25N3O2/c1-4-21-16(20)14-8-12(17)9-18-15(14)19-13-6-5-10(2)11(3)7-13/h8-11,13H,4-7,17H2,1-3H3,(H,18,19). The van der Waals surface area contributed by atoms with E-state index >= 15 is 0 Å². The van der Waals surface area contributed by atoms with Crippen LogP contribution in [0, 0.1) is 11.8 Å². The van der Waals surface area contributed by atoms with Crippen molar-refractivity contribution in [2.75, 3.05) is 17.7 Å². The number of esters is 1. The summed E-state index contributed by atoms with van der Waals surface area (Å²) in [4.78, 5) is 16.3. The summed E-state index contributed by atoms with van der Waals surface area (Å²) in [5.41, 5.74) is 6.62. The molecule has 1 aliphatic carbocycles. The maximum atomic E-state index is 12.0. The van der Waals surface area contributed by atoms with E-state index in [0.29, 0.717) is 35.6 Å². The van der Waals surface area contributed by atoms with E-state index in [9.17, 15) is 4.79 Å². The summed E-state index contributed by atoms with van der Waals surface area (Å²) in [7, 11) is 0. The zero-order valence-electron chi connectivity index (χ0n) is 13.1. The molecule has 0 amide bonds. The van der Waals surface area contributed by atoms with Crippen molar-refractivity contribution in [2.24, 2.45) is 11.8 Å². The highest BCUT2D eigenvalue weighted by molar-refractivity contribution is 5.95. The van der Waals surface area contributed by atoms with Crippen molar-refractivity contribution in [1.29, 1.82) is 0 Å². The Hall–Kier alpha value is -1.78. The molecular weight excluding hydrogens is 266 g/mol. The molecule has 0 radical (unpaired) electrons. The molecule has 116 valence electrons. The van der Waals surface area contributed by atoms with Crippen molar-refractivity contribution in [3.63, 3.8) is 0 Å². The molecule has 1 saturated carbocycles. The van der Waals surface area contributed by atoms with Crippen LogP contribution in [0.1, 0.15) is 50.4 Å². The molecule has 1 aromatic heterocycles. The first-order chi connectivity index (χ1) is 10.0. The molecule has 1 aromatic rings. The Morgan fingerprint density at radius 1 is 1.43 bits per heavy atom. The predicted octanol–water partition coefficient (Wildman–Crippen LogP) is 3.08. The minimum Gasteiger partial charge on any atom is -0.462 e. The molecule has 0 spiro atoms. The molecule has 0 aliphatic heterocycles. The topological polar surface area (TPSA) is 77.2 Å². The fourth-order valence-electron chi connectivity index (χ4n) is 2.83. The highest BCUT2D eigenvalue weighted by Crippen LogP contribution is 2.31. The number of aromatic nitrogens is 1. The van der Waals surface area contributed by atoms with Crippen LogP contribution in [0.25, 0.3) is 0 Å². The second kappa shape index (κ2) is 6.78. The molecule has 0 saturated heterocycles. The Bertz CT molecular complexity index is 504. The first-order valence-corrected chi connectivity index (χ1v) is 7.70. The number of hydrogen-bond donors (Lipinski definition) is 2. The van der Waals surface area contributed by atoms with E-state index < -0.39 is 0 Å². The van der Waals surface area contributed by atoms with Crippen LogP contribution in [0.5, 0.6) is 0 Å². The number of carbonyl (C=O) groups excluding carboxylic acids is 1. The maximum Gasteiger partial charge on any atom is 0.341 e. The lowest BCUT2D eigenvalue weighted by Gasteiger charge is -2.33. The molecule has 1 heterocycles. The molecule has 0 aromatic carbocycles. The van der Waals surface area contributed by atoms with Gasteiger partial charge in [-0.1, -0.05) is 13.8 Å². The van der Waals surface area contributed by atoms with Gasteiger partial charge in [0.25, 0.3) is 0 Å². The van der Waals surface area contributed by atoms with Crippen LogP contribution >= 0.6 is 0 Å². The van der Waals surface area contributed by atoms with Gasteiger partial charge in [-0.25, -0.2) is 9.78 Å². The van der Waals surface area contributed by atoms with Gasteiger partial charge in [-0.2, -0.15) is 0 Å². The van der Waals surface area contributed by atoms with Gasteiger partial charge in [0, 0.05) is 6.04 Å². The number of carbonyl (C=O) groups is 1. The van der Waals surface area contributed by atoms with Gasteiger partial charge in [0.05, 0.1) is 18.5 Å². The normalized spacial score (nSPS) is 25.4. The molecule has 1 fully saturated rings. The van der Waals surface area contributed by atoms with E-state index in [-0.39, 0.29) is 5.97 Å². The first kappa shape index (κ1) is 15.6. The fourth-order valence-corrected chi connectivity index (χ4v) is 2.83. The molecule has 5 heteroatoms. The van der Waals surface area contributed by atoms with Gasteiger partial charge in [-0.15, -0.1) is 0 Å². The average molecular weight is 291 g/mol. The Balaban J connectivity index is 2.14. The molecule has 21 heavy (non-hydrogen) atoms. The number of hydrogen-bond acceptors (Lipinski definition) is 5. The Labute approximate surface area is 126 Å². The van der Waals surface area contributed by atoms with Crippen LogP contribution in [0.15, 0.2) is 12.3 Å². The molecule has 1 aliphatic rings. The molecule has 5 nitrogen and oxygen atoms in total. The van der Waals surface area contributed by atoms with Crippen LogP contribution in [0.2, 0.25) is 0 Å². The quantitative estimate of drug-likeness (QED) is 0.834. The van der Waals surface area contributed by atoms with Crippen LogP contribution < -0.4 is 11.1 Å². The number of pyridine rings is 1. The lowest BCUT2D eigenvalue weighted by molar-refractivity contribution is 0.0527. The summed E-state index contributed by atoms with van der Waals surface area (Å²) in [5, 5.41) is 3.40. The van der Waals surface area contributed by atoms with Gasteiger partial charge in [-0.05, 0) is 44.1 Å². The predicted molar refractivity (Wildman–Crippen MR) is 84.2 cm³/mol. The van der Waals surface area contributed by atoms with E-state index in [1.54, 1.807) is 19.2 Å². The summed E-state index contributed by atoms with van der Waals surface area (Å²) in [6, 6.07) is 1.97. The zero-order valence-corrected chi connectivity index (χ0v) is 13.1. The number of nitrogen functional groups attached to an aromatic ring is 1. The van der Waals surface area contributed by atoms with Gasteiger partial charge in [0.2, 0.25) is 0 Å². The monoisotopic (exact) mass is 291 g/mol. The lowest BCUT2D eigenvalue weighted by atomic mass is 9.79. The van der Waals surface area contributed by atoms with Gasteiger partial charge in [-0.3, -0.25) is 0 Å². The third kappa shape index (κ3) is 3.86. The van der Waals surface area contributed by atoms with Gasteiger partial charge in [0.15, 0.2) is 0 Å². The highest BCUT2D eigenvalue weighted by Gasteiger charge is 2.26. The lowest BCUT2D eigenvalue weighted by Crippen LogP contribution is -2.31. The van der Waals surface area contributed by atoms with E-state index in [2.05, 4.69) is 24.1 Å². The van der Waals surface area contributed by atoms with Crippen LogP contribution in [0.4, 0.5) is 11.5 Å². The molecule has 3 unspecified atom stereocenters. The number of nitrogens with zero attached hydrogens (tertiary/aromatic N) is 1. The van der Waals surface area contributed by atoms with E-state index in [4.69, 9.17) is 10.5 Å². The summed E-state index contributed by atoms with van der Waals surface area (Å²) in [6.45, 7) is 6.70. The highest BCUT2D eigenvalue weighted by atomic mass is 16.5. The smallest absolute Gasteiger partial charge is 0.341 e. The van der Waals surface area contributed by atoms with Crippen molar-refractivity contribution < 1.29 is 9.53 Å². The van der Waals surface area contributed by atoms with Crippen molar-refractivity contribution in [3.05, 3.63) is 17.8 Å². The summed E-state index contributed by atoms with van der Waals surface area (Å²) >= 11 is 0. The molecule has 3 N–H and O–H groups in total. The number of ether oxygens (including phenoxy) is 1. The van der Waals surface area contributed by atoms with Crippen LogP contribution in [-0.4, -0.2) is 23.6 Å². The fraction of sp³-hybridized carbons (Fsp3) is 0.625.